The number of allylic oxidation sites excluding steroid dienone is 1. The predicted molar refractivity (Wildman–Crippen MR) is 53.4 cm³/mol. The minimum Gasteiger partial charge on any atom is -0.299 e. The molecule has 1 unspecified atom stereocenters. The first-order valence-electron chi connectivity index (χ1n) is 4.54. The lowest BCUT2D eigenvalue weighted by Crippen LogP contribution is -2.23. The van der Waals surface area contributed by atoms with E-state index >= 15 is 0 Å². The van der Waals surface area contributed by atoms with Gasteiger partial charge in [0.15, 0.2) is 0 Å². The van der Waals surface area contributed by atoms with Gasteiger partial charge in [-0.15, -0.1) is 0 Å². The van der Waals surface area contributed by atoms with Crippen LogP contribution in [-0.4, -0.2) is 11.6 Å². The summed E-state index contributed by atoms with van der Waals surface area (Å²) >= 11 is 0. The van der Waals surface area contributed by atoms with E-state index in [-0.39, 0.29) is 11.6 Å². The molecule has 2 nitrogen and oxygen atoms in total. The van der Waals surface area contributed by atoms with E-state index in [1.165, 1.54) is 6.92 Å². The van der Waals surface area contributed by atoms with Crippen molar-refractivity contribution in [3.05, 3.63) is 12.2 Å². The zero-order valence-electron chi connectivity index (χ0n) is 8.89. The molecule has 0 aromatic rings. The fourth-order valence-electron chi connectivity index (χ4n) is 1.37. The van der Waals surface area contributed by atoms with E-state index in [0.717, 1.165) is 0 Å². The molecule has 0 bridgehead atoms. The molecule has 0 aliphatic carbocycles. The number of ketones is 2. The van der Waals surface area contributed by atoms with Crippen molar-refractivity contribution in [3.63, 3.8) is 0 Å². The van der Waals surface area contributed by atoms with Gasteiger partial charge in [-0.2, -0.15) is 0 Å². The third-order valence-electron chi connectivity index (χ3n) is 1.83. The normalized spacial score (nSPS) is 12.7. The summed E-state index contributed by atoms with van der Waals surface area (Å²) in [7, 11) is 0. The largest absolute Gasteiger partial charge is 0.299 e. The fraction of sp³-hybridized carbons (Fsp3) is 0.636. The Morgan fingerprint density at radius 2 is 1.69 bits per heavy atom. The number of rotatable bonds is 5. The SMILES string of the molecule is C=C(C)C(C(C)=O)C(=O)CC(C)C. The van der Waals surface area contributed by atoms with Gasteiger partial charge in [0.05, 0.1) is 5.92 Å². The van der Waals surface area contributed by atoms with Crippen molar-refractivity contribution in [3.8, 4) is 0 Å². The van der Waals surface area contributed by atoms with Crippen LogP contribution in [0.5, 0.6) is 0 Å². The highest BCUT2D eigenvalue weighted by Crippen LogP contribution is 2.15. The maximum Gasteiger partial charge on any atom is 0.147 e. The number of carbonyl (C=O) groups is 2. The van der Waals surface area contributed by atoms with Gasteiger partial charge in [-0.25, -0.2) is 0 Å². The molecule has 0 aromatic carbocycles. The molecule has 0 fully saturated rings. The Labute approximate surface area is 80.0 Å². The zero-order chi connectivity index (χ0) is 10.6. The standard InChI is InChI=1S/C11H18O2/c1-7(2)6-10(13)11(8(3)4)9(5)12/h7,11H,3,6H2,1-2,4-5H3. The Bertz CT molecular complexity index is 212. The smallest absolute Gasteiger partial charge is 0.147 e. The van der Waals surface area contributed by atoms with Crippen molar-refractivity contribution < 1.29 is 9.59 Å². The van der Waals surface area contributed by atoms with Gasteiger partial charge in [0.25, 0.3) is 0 Å². The second-order valence-corrected chi connectivity index (χ2v) is 3.95. The molecule has 0 rings (SSSR count). The third-order valence-corrected chi connectivity index (χ3v) is 1.83. The lowest BCUT2D eigenvalue weighted by Gasteiger charge is -2.13. The summed E-state index contributed by atoms with van der Waals surface area (Å²) in [5.74, 6) is -0.385. The van der Waals surface area contributed by atoms with Crippen LogP contribution in [0.1, 0.15) is 34.1 Å². The van der Waals surface area contributed by atoms with Gasteiger partial charge < -0.3 is 0 Å². The molecular formula is C11H18O2. The van der Waals surface area contributed by atoms with Crippen LogP contribution < -0.4 is 0 Å². The summed E-state index contributed by atoms with van der Waals surface area (Å²) in [5.41, 5.74) is 0.651. The van der Waals surface area contributed by atoms with E-state index in [9.17, 15) is 9.59 Å². The second-order valence-electron chi connectivity index (χ2n) is 3.95. The van der Waals surface area contributed by atoms with Crippen LogP contribution in [0, 0.1) is 11.8 Å². The minimum absolute atomic E-state index is 0.00463. The highest BCUT2D eigenvalue weighted by atomic mass is 16.1. The molecule has 1 atom stereocenters. The van der Waals surface area contributed by atoms with E-state index < -0.39 is 5.92 Å². The zero-order valence-corrected chi connectivity index (χ0v) is 8.89. The lowest BCUT2D eigenvalue weighted by molar-refractivity contribution is -0.130. The van der Waals surface area contributed by atoms with Crippen molar-refractivity contribution in [1.29, 1.82) is 0 Å². The Morgan fingerprint density at radius 1 is 1.23 bits per heavy atom. The predicted octanol–water partition coefficient (Wildman–Crippen LogP) is 2.38. The minimum atomic E-state index is -0.581. The van der Waals surface area contributed by atoms with Gasteiger partial charge in [0, 0.05) is 6.42 Å². The molecule has 0 saturated carbocycles. The van der Waals surface area contributed by atoms with Gasteiger partial charge >= 0.3 is 0 Å². The second kappa shape index (κ2) is 4.95. The van der Waals surface area contributed by atoms with Crippen LogP contribution in [0.25, 0.3) is 0 Å². The van der Waals surface area contributed by atoms with Crippen molar-refractivity contribution in [2.75, 3.05) is 0 Å². The van der Waals surface area contributed by atoms with Crippen molar-refractivity contribution in [2.45, 2.75) is 34.1 Å². The monoisotopic (exact) mass is 182 g/mol. The van der Waals surface area contributed by atoms with Gasteiger partial charge in [0.1, 0.15) is 11.6 Å². The Morgan fingerprint density at radius 3 is 1.92 bits per heavy atom. The molecule has 0 aliphatic heterocycles. The van der Waals surface area contributed by atoms with Crippen LogP contribution in [0.2, 0.25) is 0 Å². The average Bonchev–Trinajstić information content (AvgIpc) is 1.81. The summed E-state index contributed by atoms with van der Waals surface area (Å²) in [6.07, 6.45) is 0.455. The van der Waals surface area contributed by atoms with E-state index in [1.54, 1.807) is 6.92 Å². The van der Waals surface area contributed by atoms with Crippen LogP contribution in [0.4, 0.5) is 0 Å². The van der Waals surface area contributed by atoms with Crippen LogP contribution in [0.3, 0.4) is 0 Å². The quantitative estimate of drug-likeness (QED) is 0.483. The van der Waals surface area contributed by atoms with Gasteiger partial charge in [0.2, 0.25) is 0 Å². The molecule has 0 amide bonds. The Hall–Kier alpha value is -0.920. The van der Waals surface area contributed by atoms with Crippen molar-refractivity contribution >= 4 is 11.6 Å². The first-order chi connectivity index (χ1) is 5.86. The molecule has 0 aromatic heterocycles. The van der Waals surface area contributed by atoms with Crippen LogP contribution in [-0.2, 0) is 9.59 Å². The number of hydrogen-bond donors (Lipinski definition) is 0. The highest BCUT2D eigenvalue weighted by molar-refractivity contribution is 6.04. The average molecular weight is 182 g/mol. The summed E-state index contributed by atoms with van der Waals surface area (Å²) in [4.78, 5) is 22.7. The number of hydrogen-bond acceptors (Lipinski definition) is 2. The fourth-order valence-corrected chi connectivity index (χ4v) is 1.37. The molecule has 13 heavy (non-hydrogen) atoms. The van der Waals surface area contributed by atoms with Crippen molar-refractivity contribution in [2.24, 2.45) is 11.8 Å². The maximum atomic E-state index is 11.6. The summed E-state index contributed by atoms with van der Waals surface area (Å²) in [5, 5.41) is 0. The number of Topliss-reactive ketones (excluding diaryl/α,β-unsaturated/α-hetero) is 2. The number of carbonyl (C=O) groups excluding carboxylic acids is 2. The maximum absolute atomic E-state index is 11.6. The molecular weight excluding hydrogens is 164 g/mol. The molecule has 0 spiro atoms. The molecule has 2 heteroatoms. The lowest BCUT2D eigenvalue weighted by atomic mass is 9.89. The van der Waals surface area contributed by atoms with E-state index in [1.807, 2.05) is 13.8 Å². The van der Waals surface area contributed by atoms with Crippen LogP contribution in [0.15, 0.2) is 12.2 Å². The van der Waals surface area contributed by atoms with Gasteiger partial charge in [-0.05, 0) is 19.8 Å². The molecule has 0 N–H and O–H groups in total. The Balaban J connectivity index is 4.48. The summed E-state index contributed by atoms with van der Waals surface area (Å²) < 4.78 is 0. The first-order valence-corrected chi connectivity index (χ1v) is 4.54. The third kappa shape index (κ3) is 4.02. The Kier molecular flexibility index (Phi) is 4.60. The molecule has 0 saturated heterocycles. The van der Waals surface area contributed by atoms with E-state index in [0.29, 0.717) is 17.9 Å². The molecule has 74 valence electrons. The van der Waals surface area contributed by atoms with E-state index in [2.05, 4.69) is 6.58 Å². The van der Waals surface area contributed by atoms with Gasteiger partial charge in [-0.1, -0.05) is 26.0 Å². The van der Waals surface area contributed by atoms with Crippen LogP contribution >= 0.6 is 0 Å². The first kappa shape index (κ1) is 12.1. The molecule has 0 radical (unpaired) electrons. The topological polar surface area (TPSA) is 34.1 Å². The summed E-state index contributed by atoms with van der Waals surface area (Å²) in [6.45, 7) is 10.8. The van der Waals surface area contributed by atoms with Gasteiger partial charge in [-0.3, -0.25) is 9.59 Å². The summed E-state index contributed by atoms with van der Waals surface area (Å²) in [6, 6.07) is 0. The molecule has 0 heterocycles. The highest BCUT2D eigenvalue weighted by Gasteiger charge is 2.23. The van der Waals surface area contributed by atoms with E-state index in [4.69, 9.17) is 0 Å². The molecule has 0 aliphatic rings. The van der Waals surface area contributed by atoms with Crippen molar-refractivity contribution in [1.82, 2.24) is 0 Å².